The van der Waals surface area contributed by atoms with Gasteiger partial charge in [0.25, 0.3) is 22.5 Å². The molecule has 2 amide bonds. The smallest absolute Gasteiger partial charge is 0.293 e. The molecule has 1 heterocycles. The molecule has 4 rings (SSSR count). The van der Waals surface area contributed by atoms with Crippen LogP contribution in [0.5, 0.6) is 11.5 Å². The molecule has 1 fully saturated rings. The molecule has 194 valence electrons. The Hall–Kier alpha value is -4.71. The molecule has 0 radical (unpaired) electrons. The monoisotopic (exact) mass is 535 g/mol. The molecule has 0 spiro atoms. The first-order chi connectivity index (χ1) is 18.3. The third kappa shape index (κ3) is 5.98. The number of ether oxygens (including phenoxy) is 2. The first-order valence-corrected chi connectivity index (χ1v) is 12.2. The van der Waals surface area contributed by atoms with Crippen LogP contribution in [-0.4, -0.2) is 32.5 Å². The topological polar surface area (TPSA) is 142 Å². The van der Waals surface area contributed by atoms with Crippen molar-refractivity contribution in [3.05, 3.63) is 109 Å². The number of para-hydroxylation sites is 1. The summed E-state index contributed by atoms with van der Waals surface area (Å²) >= 11 is 0.794. The molecular weight excluding hydrogens is 514 g/mol. The van der Waals surface area contributed by atoms with Crippen molar-refractivity contribution in [2.75, 3.05) is 6.61 Å². The van der Waals surface area contributed by atoms with E-state index in [1.54, 1.807) is 49.4 Å². The van der Waals surface area contributed by atoms with E-state index in [-0.39, 0.29) is 29.4 Å². The number of rotatable bonds is 10. The highest BCUT2D eigenvalue weighted by Crippen LogP contribution is 2.36. The minimum absolute atomic E-state index is 0.0113. The van der Waals surface area contributed by atoms with Gasteiger partial charge in [0.05, 0.1) is 33.5 Å². The largest absolute Gasteiger partial charge is 0.490 e. The number of imide groups is 1. The van der Waals surface area contributed by atoms with E-state index in [0.717, 1.165) is 16.7 Å². The van der Waals surface area contributed by atoms with Crippen molar-refractivity contribution < 1.29 is 28.9 Å². The lowest BCUT2D eigenvalue weighted by Crippen LogP contribution is -2.27. The molecule has 0 N–H and O–H groups in total. The fraction of sp³-hybridized carbons (Fsp3) is 0.154. The summed E-state index contributed by atoms with van der Waals surface area (Å²) in [6.45, 7) is 2.07. The van der Waals surface area contributed by atoms with Crippen LogP contribution in [0.4, 0.5) is 16.2 Å². The van der Waals surface area contributed by atoms with Crippen molar-refractivity contribution in [1.29, 1.82) is 0 Å². The Balaban J connectivity index is 1.50. The van der Waals surface area contributed by atoms with Crippen LogP contribution in [0, 0.1) is 20.2 Å². The van der Waals surface area contributed by atoms with E-state index in [9.17, 15) is 29.8 Å². The standard InChI is InChI=1S/C26H21N3O8S/c1-2-36-23-13-18(9-12-22(23)37-16-19-5-3-4-6-21(19)29(34)35)14-24-25(30)27(26(31)38-24)15-17-7-10-20(11-8-17)28(32)33/h3-14H,2,15-16H2,1H3. The van der Waals surface area contributed by atoms with E-state index in [1.807, 2.05) is 0 Å². The Morgan fingerprint density at radius 2 is 1.66 bits per heavy atom. The van der Waals surface area contributed by atoms with E-state index in [1.165, 1.54) is 30.3 Å². The van der Waals surface area contributed by atoms with Gasteiger partial charge in [-0.05, 0) is 54.1 Å². The Labute approximate surface area is 221 Å². The third-order valence-electron chi connectivity index (χ3n) is 5.50. The lowest BCUT2D eigenvalue weighted by molar-refractivity contribution is -0.385. The first kappa shape index (κ1) is 26.4. The number of benzene rings is 3. The van der Waals surface area contributed by atoms with Gasteiger partial charge in [0.15, 0.2) is 11.5 Å². The highest BCUT2D eigenvalue weighted by molar-refractivity contribution is 8.18. The van der Waals surface area contributed by atoms with Crippen molar-refractivity contribution in [2.24, 2.45) is 0 Å². The summed E-state index contributed by atoms with van der Waals surface area (Å²) < 4.78 is 11.5. The Bertz CT molecular complexity index is 1440. The molecule has 0 aromatic heterocycles. The van der Waals surface area contributed by atoms with Gasteiger partial charge in [-0.1, -0.05) is 30.3 Å². The maximum absolute atomic E-state index is 12.9. The van der Waals surface area contributed by atoms with Gasteiger partial charge in [0, 0.05) is 18.2 Å². The predicted octanol–water partition coefficient (Wildman–Crippen LogP) is 5.72. The van der Waals surface area contributed by atoms with Gasteiger partial charge in [0.2, 0.25) is 0 Å². The lowest BCUT2D eigenvalue weighted by atomic mass is 10.1. The average molecular weight is 536 g/mol. The van der Waals surface area contributed by atoms with E-state index in [0.29, 0.717) is 34.8 Å². The fourth-order valence-corrected chi connectivity index (χ4v) is 4.50. The maximum atomic E-state index is 12.9. The van der Waals surface area contributed by atoms with E-state index >= 15 is 0 Å². The SMILES string of the molecule is CCOc1cc(C=C2SC(=O)N(Cc3ccc([N+](=O)[O-])cc3)C2=O)ccc1OCc1ccccc1[N+](=O)[O-]. The van der Waals surface area contributed by atoms with Crippen LogP contribution in [0.1, 0.15) is 23.6 Å². The fourth-order valence-electron chi connectivity index (χ4n) is 3.66. The van der Waals surface area contributed by atoms with E-state index in [4.69, 9.17) is 9.47 Å². The molecule has 0 bridgehead atoms. The summed E-state index contributed by atoms with van der Waals surface area (Å²) in [5.74, 6) is 0.270. The summed E-state index contributed by atoms with van der Waals surface area (Å²) in [4.78, 5) is 47.8. The van der Waals surface area contributed by atoms with Crippen LogP contribution < -0.4 is 9.47 Å². The van der Waals surface area contributed by atoms with Gasteiger partial charge >= 0.3 is 0 Å². The molecule has 0 atom stereocenters. The number of nitro groups is 2. The number of thioether (sulfide) groups is 1. The second-order valence-electron chi connectivity index (χ2n) is 8.01. The van der Waals surface area contributed by atoms with Crippen LogP contribution >= 0.6 is 11.8 Å². The zero-order valence-electron chi connectivity index (χ0n) is 20.1. The normalized spacial score (nSPS) is 14.1. The first-order valence-electron chi connectivity index (χ1n) is 11.4. The van der Waals surface area contributed by atoms with Crippen molar-refractivity contribution in [2.45, 2.75) is 20.1 Å². The molecule has 0 aliphatic carbocycles. The molecule has 1 aliphatic rings. The van der Waals surface area contributed by atoms with E-state index in [2.05, 4.69) is 0 Å². The van der Waals surface area contributed by atoms with Gasteiger partial charge in [0.1, 0.15) is 6.61 Å². The predicted molar refractivity (Wildman–Crippen MR) is 140 cm³/mol. The van der Waals surface area contributed by atoms with E-state index < -0.39 is 21.0 Å². The quantitative estimate of drug-likeness (QED) is 0.181. The van der Waals surface area contributed by atoms with Gasteiger partial charge in [-0.2, -0.15) is 0 Å². The number of non-ortho nitro benzene ring substituents is 1. The summed E-state index contributed by atoms with van der Waals surface area (Å²) in [5, 5.41) is 21.7. The number of carbonyl (C=O) groups excluding carboxylic acids is 2. The van der Waals surface area contributed by atoms with Gasteiger partial charge in [-0.3, -0.25) is 34.7 Å². The highest BCUT2D eigenvalue weighted by atomic mass is 32.2. The highest BCUT2D eigenvalue weighted by Gasteiger charge is 2.35. The average Bonchev–Trinajstić information content (AvgIpc) is 3.16. The molecule has 3 aromatic rings. The Morgan fingerprint density at radius 3 is 2.34 bits per heavy atom. The van der Waals surface area contributed by atoms with Crippen LogP contribution in [0.2, 0.25) is 0 Å². The second-order valence-corrected chi connectivity index (χ2v) is 9.00. The zero-order chi connectivity index (χ0) is 27.2. The van der Waals surface area contributed by atoms with Crippen molar-refractivity contribution >= 4 is 40.4 Å². The summed E-state index contributed by atoms with van der Waals surface area (Å²) in [6.07, 6.45) is 1.56. The number of nitrogens with zero attached hydrogens (tertiary/aromatic N) is 3. The molecule has 0 saturated carbocycles. The molecule has 11 nitrogen and oxygen atoms in total. The molecule has 1 saturated heterocycles. The molecule has 38 heavy (non-hydrogen) atoms. The van der Waals surface area contributed by atoms with Gasteiger partial charge in [-0.15, -0.1) is 0 Å². The minimum atomic E-state index is -0.523. The van der Waals surface area contributed by atoms with Crippen LogP contribution in [0.3, 0.4) is 0 Å². The van der Waals surface area contributed by atoms with Crippen LogP contribution in [0.15, 0.2) is 71.6 Å². The maximum Gasteiger partial charge on any atom is 0.293 e. The van der Waals surface area contributed by atoms with Crippen molar-refractivity contribution in [3.63, 3.8) is 0 Å². The number of carbonyl (C=O) groups is 2. The lowest BCUT2D eigenvalue weighted by Gasteiger charge is -2.13. The third-order valence-corrected chi connectivity index (χ3v) is 6.41. The Morgan fingerprint density at radius 1 is 0.921 bits per heavy atom. The Kier molecular flexibility index (Phi) is 8.02. The van der Waals surface area contributed by atoms with Crippen molar-refractivity contribution in [3.8, 4) is 11.5 Å². The summed E-state index contributed by atoms with van der Waals surface area (Å²) in [5.41, 5.74) is 1.45. The number of hydrogen-bond acceptors (Lipinski definition) is 9. The minimum Gasteiger partial charge on any atom is -0.490 e. The second kappa shape index (κ2) is 11.6. The number of amides is 2. The summed E-state index contributed by atoms with van der Waals surface area (Å²) in [6, 6.07) is 16.9. The van der Waals surface area contributed by atoms with Crippen molar-refractivity contribution in [1.82, 2.24) is 4.90 Å². The van der Waals surface area contributed by atoms with Crippen LogP contribution in [0.25, 0.3) is 6.08 Å². The zero-order valence-corrected chi connectivity index (χ0v) is 20.9. The molecule has 3 aromatic carbocycles. The molecule has 12 heteroatoms. The molecule has 1 aliphatic heterocycles. The van der Waals surface area contributed by atoms with Gasteiger partial charge in [-0.25, -0.2) is 0 Å². The van der Waals surface area contributed by atoms with Gasteiger partial charge < -0.3 is 9.47 Å². The van der Waals surface area contributed by atoms with Crippen LogP contribution in [-0.2, 0) is 17.9 Å². The molecule has 0 unspecified atom stereocenters. The number of nitro benzene ring substituents is 2. The molecular formula is C26H21N3O8S. The summed E-state index contributed by atoms with van der Waals surface area (Å²) in [7, 11) is 0. The number of hydrogen-bond donors (Lipinski definition) is 0.